The molecule has 4 fully saturated rings. The zero-order valence-corrected chi connectivity index (χ0v) is 22.9. The number of carboxylic acid groups (broad SMARTS) is 1. The molecule has 1 N–H and O–H groups in total. The summed E-state index contributed by atoms with van der Waals surface area (Å²) in [5, 5.41) is 10.1. The molecule has 0 radical (unpaired) electrons. The van der Waals surface area contributed by atoms with E-state index in [0.717, 1.165) is 42.4 Å². The van der Waals surface area contributed by atoms with Gasteiger partial charge in [0, 0.05) is 0 Å². The molecular weight excluding hydrogens is 404 g/mol. The summed E-state index contributed by atoms with van der Waals surface area (Å²) in [6.07, 6.45) is 14.8. The lowest BCUT2D eigenvalue weighted by atomic mass is 9.43. The summed E-state index contributed by atoms with van der Waals surface area (Å²) in [5.41, 5.74) is 1.03. The molecule has 33 heavy (non-hydrogen) atoms. The molecule has 1 unspecified atom stereocenters. The minimum Gasteiger partial charge on any atom is -0.481 e. The van der Waals surface area contributed by atoms with Gasteiger partial charge in [0.2, 0.25) is 0 Å². The predicted molar refractivity (Wildman–Crippen MR) is 138 cm³/mol. The molecule has 2 heteroatoms. The van der Waals surface area contributed by atoms with E-state index in [2.05, 4.69) is 48.5 Å². The molecule has 0 heterocycles. The van der Waals surface area contributed by atoms with Gasteiger partial charge in [-0.1, -0.05) is 67.7 Å². The molecule has 0 bridgehead atoms. The molecule has 0 aromatic rings. The van der Waals surface area contributed by atoms with Crippen LogP contribution in [0.3, 0.4) is 0 Å². The van der Waals surface area contributed by atoms with E-state index in [1.807, 2.05) is 0 Å². The number of aliphatic carboxylic acids is 1. The zero-order chi connectivity index (χ0) is 24.1. The van der Waals surface area contributed by atoms with Crippen molar-refractivity contribution in [1.29, 1.82) is 0 Å². The normalized spacial score (nSPS) is 45.6. The Kier molecular flexibility index (Phi) is 7.35. The number of carboxylic acids is 1. The van der Waals surface area contributed by atoms with Crippen molar-refractivity contribution in [2.24, 2.45) is 70.0 Å². The predicted octanol–water partition coefficient (Wildman–Crippen LogP) is 8.69. The van der Waals surface area contributed by atoms with Gasteiger partial charge < -0.3 is 5.11 Å². The van der Waals surface area contributed by atoms with Crippen LogP contribution in [0, 0.1) is 70.0 Å². The van der Waals surface area contributed by atoms with Crippen molar-refractivity contribution < 1.29 is 9.90 Å². The molecule has 0 aliphatic heterocycles. The minimum absolute atomic E-state index is 0.179. The quantitative estimate of drug-likeness (QED) is 0.414. The summed E-state index contributed by atoms with van der Waals surface area (Å²) in [6.45, 7) is 16.9. The van der Waals surface area contributed by atoms with Gasteiger partial charge in [-0.15, -0.1) is 0 Å². The maximum Gasteiger partial charge on any atom is 0.306 e. The number of rotatable bonds is 7. The van der Waals surface area contributed by atoms with Crippen molar-refractivity contribution in [2.75, 3.05) is 0 Å². The van der Waals surface area contributed by atoms with E-state index >= 15 is 0 Å². The highest BCUT2D eigenvalue weighted by Crippen LogP contribution is 2.69. The van der Waals surface area contributed by atoms with E-state index in [9.17, 15) is 9.90 Å². The first-order valence-electron chi connectivity index (χ1n) is 14.8. The van der Waals surface area contributed by atoms with Crippen molar-refractivity contribution in [1.82, 2.24) is 0 Å². The van der Waals surface area contributed by atoms with Crippen LogP contribution in [0.15, 0.2) is 0 Å². The summed E-state index contributed by atoms with van der Waals surface area (Å²) in [6, 6.07) is 0. The lowest BCUT2D eigenvalue weighted by Crippen LogP contribution is -2.54. The van der Waals surface area contributed by atoms with Gasteiger partial charge in [0.05, 0.1) is 5.92 Å². The van der Waals surface area contributed by atoms with E-state index in [1.54, 1.807) is 0 Å². The van der Waals surface area contributed by atoms with Gasteiger partial charge in [0.1, 0.15) is 0 Å². The van der Waals surface area contributed by atoms with Gasteiger partial charge in [-0.25, -0.2) is 0 Å². The van der Waals surface area contributed by atoms with Crippen molar-refractivity contribution in [3.63, 3.8) is 0 Å². The van der Waals surface area contributed by atoms with Gasteiger partial charge in [-0.05, 0) is 115 Å². The molecule has 4 saturated carbocycles. The third kappa shape index (κ3) is 4.22. The Morgan fingerprint density at radius 1 is 0.909 bits per heavy atom. The summed E-state index contributed by atoms with van der Waals surface area (Å²) >= 11 is 0. The van der Waals surface area contributed by atoms with Crippen LogP contribution in [0.4, 0.5) is 0 Å². The number of hydrogen-bond donors (Lipinski definition) is 1. The summed E-state index contributed by atoms with van der Waals surface area (Å²) in [5.74, 6) is 5.90. The zero-order valence-electron chi connectivity index (χ0n) is 22.9. The maximum absolute atomic E-state index is 12.3. The highest BCUT2D eigenvalue weighted by atomic mass is 16.4. The second-order valence-electron chi connectivity index (χ2n) is 14.1. The fourth-order valence-corrected chi connectivity index (χ4v) is 11.0. The van der Waals surface area contributed by atoms with E-state index in [4.69, 9.17) is 0 Å². The van der Waals surface area contributed by atoms with Crippen molar-refractivity contribution >= 4 is 5.97 Å². The smallest absolute Gasteiger partial charge is 0.306 e. The van der Waals surface area contributed by atoms with Crippen LogP contribution in [0.1, 0.15) is 119 Å². The Morgan fingerprint density at radius 3 is 2.21 bits per heavy atom. The third-order valence-corrected chi connectivity index (χ3v) is 12.6. The second kappa shape index (κ2) is 9.50. The average molecular weight is 459 g/mol. The molecule has 2 nitrogen and oxygen atoms in total. The van der Waals surface area contributed by atoms with E-state index in [0.29, 0.717) is 34.5 Å². The molecule has 4 rings (SSSR count). The first-order valence-corrected chi connectivity index (χ1v) is 14.8. The standard InChI is InChI=1S/C31H54O2/c1-8-22(19(2)3)24(29(32)33)18-21(5)26-13-14-27-23-11-12-25-20(4)10-9-16-30(25,6)28(23)15-17-31(26,27)7/h19-28H,8-18H2,1-7H3,(H,32,33)/t20-,21-,22+,23+,24?,25+,26-,27+,28+,30+,31-/m1/s1. The number of hydrogen-bond acceptors (Lipinski definition) is 1. The minimum atomic E-state index is -0.552. The molecule has 0 spiro atoms. The molecule has 11 atom stereocenters. The van der Waals surface area contributed by atoms with E-state index in [1.165, 1.54) is 57.8 Å². The second-order valence-corrected chi connectivity index (χ2v) is 14.1. The molecular formula is C31H54O2. The SMILES string of the molecule is CC[C@@H](C(C)C)C(C[C@@H](C)[C@H]1CC[C@H]2[C@@H]3CC[C@H]4[C@H](C)CCC[C@]4(C)[C@H]3CC[C@]12C)C(=O)O. The van der Waals surface area contributed by atoms with Crippen molar-refractivity contribution in [3.05, 3.63) is 0 Å². The van der Waals surface area contributed by atoms with Gasteiger partial charge >= 0.3 is 5.97 Å². The lowest BCUT2D eigenvalue weighted by Gasteiger charge is -2.62. The lowest BCUT2D eigenvalue weighted by molar-refractivity contribution is -0.146. The summed E-state index contributed by atoms with van der Waals surface area (Å²) in [4.78, 5) is 12.3. The molecule has 0 saturated heterocycles. The maximum atomic E-state index is 12.3. The molecule has 0 aromatic heterocycles. The highest BCUT2D eigenvalue weighted by Gasteiger charge is 2.61. The number of carbonyl (C=O) groups is 1. The molecule has 4 aliphatic carbocycles. The first kappa shape index (κ1) is 25.6. The molecule has 0 aromatic carbocycles. The van der Waals surface area contributed by atoms with Crippen LogP contribution in [-0.4, -0.2) is 11.1 Å². The van der Waals surface area contributed by atoms with Crippen LogP contribution in [0.2, 0.25) is 0 Å². The van der Waals surface area contributed by atoms with Crippen LogP contribution in [0.25, 0.3) is 0 Å². The van der Waals surface area contributed by atoms with Gasteiger partial charge in [-0.3, -0.25) is 4.79 Å². The van der Waals surface area contributed by atoms with E-state index in [-0.39, 0.29) is 5.92 Å². The Morgan fingerprint density at radius 2 is 1.58 bits per heavy atom. The van der Waals surface area contributed by atoms with Gasteiger partial charge in [-0.2, -0.15) is 0 Å². The Bertz CT molecular complexity index is 699. The highest BCUT2D eigenvalue weighted by molar-refractivity contribution is 5.70. The summed E-state index contributed by atoms with van der Waals surface area (Å²) < 4.78 is 0. The van der Waals surface area contributed by atoms with Crippen LogP contribution in [0.5, 0.6) is 0 Å². The molecule has 0 amide bonds. The van der Waals surface area contributed by atoms with Crippen LogP contribution >= 0.6 is 0 Å². The fourth-order valence-electron chi connectivity index (χ4n) is 11.0. The number of fused-ring (bicyclic) bond motifs is 5. The molecule has 4 aliphatic rings. The van der Waals surface area contributed by atoms with Crippen molar-refractivity contribution in [3.8, 4) is 0 Å². The average Bonchev–Trinajstić information content (AvgIpc) is 3.10. The van der Waals surface area contributed by atoms with E-state index < -0.39 is 5.97 Å². The summed E-state index contributed by atoms with van der Waals surface area (Å²) in [7, 11) is 0. The van der Waals surface area contributed by atoms with Crippen LogP contribution in [-0.2, 0) is 4.79 Å². The first-order chi connectivity index (χ1) is 15.5. The topological polar surface area (TPSA) is 37.3 Å². The molecule has 190 valence electrons. The monoisotopic (exact) mass is 458 g/mol. The largest absolute Gasteiger partial charge is 0.481 e. The van der Waals surface area contributed by atoms with Crippen molar-refractivity contribution in [2.45, 2.75) is 119 Å². The Hall–Kier alpha value is -0.530. The Labute approximate surface area is 205 Å². The van der Waals surface area contributed by atoms with Crippen LogP contribution < -0.4 is 0 Å². The Balaban J connectivity index is 1.51. The third-order valence-electron chi connectivity index (χ3n) is 12.6. The van der Waals surface area contributed by atoms with Gasteiger partial charge in [0.15, 0.2) is 0 Å². The fraction of sp³-hybridized carbons (Fsp3) is 0.968. The van der Waals surface area contributed by atoms with Gasteiger partial charge in [0.25, 0.3) is 0 Å².